The zero-order valence-corrected chi connectivity index (χ0v) is 14.5. The summed E-state index contributed by atoms with van der Waals surface area (Å²) in [5.74, 6) is 0. The highest BCUT2D eigenvalue weighted by molar-refractivity contribution is 9.10. The van der Waals surface area contributed by atoms with Crippen molar-refractivity contribution in [2.24, 2.45) is 0 Å². The van der Waals surface area contributed by atoms with Gasteiger partial charge >= 0.3 is 0 Å². The highest BCUT2D eigenvalue weighted by Crippen LogP contribution is 2.33. The van der Waals surface area contributed by atoms with Gasteiger partial charge in [0.25, 0.3) is 0 Å². The SMILES string of the molecule is Cc1cccc(Cc2nc(-c3ccccc3Br)c(C)s2)c1. The van der Waals surface area contributed by atoms with Crippen LogP contribution < -0.4 is 0 Å². The van der Waals surface area contributed by atoms with Crippen LogP contribution in [0.15, 0.2) is 53.0 Å². The molecule has 3 rings (SSSR count). The van der Waals surface area contributed by atoms with Gasteiger partial charge in [-0.25, -0.2) is 4.98 Å². The molecule has 0 fully saturated rings. The molecular formula is C18H16BrNS. The highest BCUT2D eigenvalue weighted by atomic mass is 79.9. The van der Waals surface area contributed by atoms with Gasteiger partial charge in [-0.1, -0.05) is 64.0 Å². The summed E-state index contributed by atoms with van der Waals surface area (Å²) in [6, 6.07) is 16.9. The minimum Gasteiger partial charge on any atom is -0.241 e. The number of hydrogen-bond donors (Lipinski definition) is 0. The molecule has 0 saturated heterocycles. The number of aromatic nitrogens is 1. The fourth-order valence-corrected chi connectivity index (χ4v) is 3.88. The largest absolute Gasteiger partial charge is 0.241 e. The molecule has 0 unspecified atom stereocenters. The first-order valence-electron chi connectivity index (χ1n) is 6.90. The van der Waals surface area contributed by atoms with E-state index in [1.807, 2.05) is 6.07 Å². The molecule has 0 atom stereocenters. The van der Waals surface area contributed by atoms with Crippen LogP contribution in [0.4, 0.5) is 0 Å². The van der Waals surface area contributed by atoms with E-state index in [-0.39, 0.29) is 0 Å². The summed E-state index contributed by atoms with van der Waals surface area (Å²) in [7, 11) is 0. The standard InChI is InChI=1S/C18H16BrNS/c1-12-6-5-7-14(10-12)11-17-20-18(13(2)21-17)15-8-3-4-9-16(15)19/h3-10H,11H2,1-2H3. The quantitative estimate of drug-likeness (QED) is 0.578. The Morgan fingerprint density at radius 3 is 2.62 bits per heavy atom. The van der Waals surface area contributed by atoms with Crippen molar-refractivity contribution in [3.63, 3.8) is 0 Å². The second-order valence-corrected chi connectivity index (χ2v) is 7.30. The number of benzene rings is 2. The molecule has 0 amide bonds. The number of hydrogen-bond acceptors (Lipinski definition) is 2. The minimum atomic E-state index is 0.900. The molecule has 106 valence electrons. The van der Waals surface area contributed by atoms with Crippen LogP contribution in [0.5, 0.6) is 0 Å². The summed E-state index contributed by atoms with van der Waals surface area (Å²) in [6.07, 6.45) is 0.900. The molecule has 0 aliphatic heterocycles. The average Bonchev–Trinajstić information content (AvgIpc) is 2.80. The van der Waals surface area contributed by atoms with E-state index in [1.165, 1.54) is 26.6 Å². The van der Waals surface area contributed by atoms with Crippen LogP contribution >= 0.6 is 27.3 Å². The van der Waals surface area contributed by atoms with E-state index in [1.54, 1.807) is 11.3 Å². The van der Waals surface area contributed by atoms with E-state index in [2.05, 4.69) is 72.2 Å². The number of rotatable bonds is 3. The molecule has 0 radical (unpaired) electrons. The van der Waals surface area contributed by atoms with Gasteiger partial charge in [0, 0.05) is 21.3 Å². The Hall–Kier alpha value is -1.45. The van der Waals surface area contributed by atoms with Gasteiger partial charge in [0.15, 0.2) is 0 Å². The van der Waals surface area contributed by atoms with Crippen molar-refractivity contribution in [1.82, 2.24) is 4.98 Å². The zero-order chi connectivity index (χ0) is 14.8. The first-order chi connectivity index (χ1) is 10.1. The van der Waals surface area contributed by atoms with Crippen molar-refractivity contribution >= 4 is 27.3 Å². The van der Waals surface area contributed by atoms with Gasteiger partial charge in [-0.05, 0) is 25.5 Å². The van der Waals surface area contributed by atoms with Gasteiger partial charge in [0.1, 0.15) is 0 Å². The van der Waals surface area contributed by atoms with Gasteiger partial charge in [0.2, 0.25) is 0 Å². The summed E-state index contributed by atoms with van der Waals surface area (Å²) in [6.45, 7) is 4.27. The molecule has 2 aromatic carbocycles. The second kappa shape index (κ2) is 6.12. The molecule has 3 heteroatoms. The third kappa shape index (κ3) is 3.25. The number of halogens is 1. The molecule has 0 spiro atoms. The van der Waals surface area contributed by atoms with Crippen molar-refractivity contribution in [2.45, 2.75) is 20.3 Å². The number of aryl methyl sites for hydroxylation is 2. The number of nitrogens with zero attached hydrogens (tertiary/aromatic N) is 1. The Morgan fingerprint density at radius 1 is 1.05 bits per heavy atom. The summed E-state index contributed by atoms with van der Waals surface area (Å²) in [5.41, 5.74) is 4.88. The van der Waals surface area contributed by atoms with Crippen molar-refractivity contribution in [1.29, 1.82) is 0 Å². The average molecular weight is 358 g/mol. The normalized spacial score (nSPS) is 10.8. The van der Waals surface area contributed by atoms with E-state index in [9.17, 15) is 0 Å². The second-order valence-electron chi connectivity index (χ2n) is 5.16. The van der Waals surface area contributed by atoms with Crippen LogP contribution in [0.1, 0.15) is 21.0 Å². The Morgan fingerprint density at radius 2 is 1.86 bits per heavy atom. The van der Waals surface area contributed by atoms with Gasteiger partial charge in [0.05, 0.1) is 10.7 Å². The number of thiazole rings is 1. The van der Waals surface area contributed by atoms with Crippen molar-refractivity contribution in [3.8, 4) is 11.3 Å². The Balaban J connectivity index is 1.93. The third-order valence-corrected chi connectivity index (χ3v) is 5.07. The molecule has 21 heavy (non-hydrogen) atoms. The van der Waals surface area contributed by atoms with Gasteiger partial charge in [-0.2, -0.15) is 0 Å². The van der Waals surface area contributed by atoms with Crippen LogP contribution in [0.25, 0.3) is 11.3 Å². The van der Waals surface area contributed by atoms with Crippen LogP contribution in [0.3, 0.4) is 0 Å². The first-order valence-corrected chi connectivity index (χ1v) is 8.51. The van der Waals surface area contributed by atoms with Crippen molar-refractivity contribution in [2.75, 3.05) is 0 Å². The van der Waals surface area contributed by atoms with Gasteiger partial charge in [-0.3, -0.25) is 0 Å². The molecule has 1 nitrogen and oxygen atoms in total. The fraction of sp³-hybridized carbons (Fsp3) is 0.167. The summed E-state index contributed by atoms with van der Waals surface area (Å²) < 4.78 is 1.10. The first kappa shape index (κ1) is 14.5. The molecule has 1 heterocycles. The zero-order valence-electron chi connectivity index (χ0n) is 12.1. The summed E-state index contributed by atoms with van der Waals surface area (Å²) in [5, 5.41) is 1.17. The molecule has 0 bridgehead atoms. The fourth-order valence-electron chi connectivity index (χ4n) is 2.43. The molecule has 3 aromatic rings. The monoisotopic (exact) mass is 357 g/mol. The molecule has 0 N–H and O–H groups in total. The minimum absolute atomic E-state index is 0.900. The van der Waals surface area contributed by atoms with E-state index in [0.29, 0.717) is 0 Å². The predicted octanol–water partition coefficient (Wildman–Crippen LogP) is 5.78. The Kier molecular flexibility index (Phi) is 4.22. The van der Waals surface area contributed by atoms with Gasteiger partial charge < -0.3 is 0 Å². The lowest BCUT2D eigenvalue weighted by atomic mass is 10.1. The van der Waals surface area contributed by atoms with Crippen molar-refractivity contribution in [3.05, 3.63) is 74.0 Å². The Labute approximate surface area is 137 Å². The van der Waals surface area contributed by atoms with Crippen molar-refractivity contribution < 1.29 is 0 Å². The topological polar surface area (TPSA) is 12.9 Å². The summed E-state index contributed by atoms with van der Waals surface area (Å²) in [4.78, 5) is 6.12. The highest BCUT2D eigenvalue weighted by Gasteiger charge is 2.12. The van der Waals surface area contributed by atoms with E-state index in [4.69, 9.17) is 4.98 Å². The lowest BCUT2D eigenvalue weighted by Gasteiger charge is -2.01. The van der Waals surface area contributed by atoms with Crippen LogP contribution in [-0.2, 0) is 6.42 Å². The molecule has 1 aromatic heterocycles. The molecule has 0 saturated carbocycles. The summed E-state index contributed by atoms with van der Waals surface area (Å²) >= 11 is 5.40. The maximum Gasteiger partial charge on any atom is 0.0979 e. The van der Waals surface area contributed by atoms with E-state index >= 15 is 0 Å². The molecule has 0 aliphatic carbocycles. The molecular weight excluding hydrogens is 342 g/mol. The van der Waals surface area contributed by atoms with Crippen LogP contribution in [0.2, 0.25) is 0 Å². The maximum atomic E-state index is 4.85. The lowest BCUT2D eigenvalue weighted by Crippen LogP contribution is -1.88. The van der Waals surface area contributed by atoms with Crippen LogP contribution in [-0.4, -0.2) is 4.98 Å². The van der Waals surface area contributed by atoms with E-state index in [0.717, 1.165) is 16.6 Å². The Bertz CT molecular complexity index is 776. The smallest absolute Gasteiger partial charge is 0.0979 e. The van der Waals surface area contributed by atoms with E-state index < -0.39 is 0 Å². The van der Waals surface area contributed by atoms with Crippen LogP contribution in [0, 0.1) is 13.8 Å². The maximum absolute atomic E-state index is 4.85. The molecule has 0 aliphatic rings. The van der Waals surface area contributed by atoms with Gasteiger partial charge in [-0.15, -0.1) is 11.3 Å². The lowest BCUT2D eigenvalue weighted by molar-refractivity contribution is 1.13. The third-order valence-electron chi connectivity index (χ3n) is 3.41. The predicted molar refractivity (Wildman–Crippen MR) is 94.0 cm³/mol.